The number of nitrogens with zero attached hydrogens (tertiary/aromatic N) is 2. The molecule has 0 saturated heterocycles. The number of aromatic nitrogens is 2. The van der Waals surface area contributed by atoms with Gasteiger partial charge in [-0.1, -0.05) is 0 Å². The molecule has 0 atom stereocenters. The highest BCUT2D eigenvalue weighted by molar-refractivity contribution is 8.01. The molecule has 1 saturated carbocycles. The van der Waals surface area contributed by atoms with Crippen molar-refractivity contribution in [3.8, 4) is 0 Å². The lowest BCUT2D eigenvalue weighted by atomic mass is 10.3. The molecule has 0 amide bonds. The third-order valence-electron chi connectivity index (χ3n) is 1.98. The van der Waals surface area contributed by atoms with Crippen molar-refractivity contribution in [2.24, 2.45) is 0 Å². The summed E-state index contributed by atoms with van der Waals surface area (Å²) in [5.74, 6) is -1.54. The smallest absolute Gasteiger partial charge is 0.309 e. The lowest BCUT2D eigenvalue weighted by Crippen LogP contribution is -2.08. The van der Waals surface area contributed by atoms with Gasteiger partial charge in [0.1, 0.15) is 0 Å². The van der Waals surface area contributed by atoms with Gasteiger partial charge in [-0.3, -0.25) is 9.52 Å². The Morgan fingerprint density at radius 3 is 3.06 bits per heavy atom. The molecule has 0 bridgehead atoms. The van der Waals surface area contributed by atoms with Gasteiger partial charge in [0, 0.05) is 5.25 Å². The highest BCUT2D eigenvalue weighted by Crippen LogP contribution is 2.33. The van der Waals surface area contributed by atoms with Crippen LogP contribution in [-0.4, -0.2) is 26.3 Å². The zero-order valence-electron chi connectivity index (χ0n) is 8.31. The number of carbonyl (C=O) groups is 1. The number of rotatable bonds is 5. The summed E-state index contributed by atoms with van der Waals surface area (Å²) >= 11 is 1.48. The SMILES string of the molecule is O=C(O)Cc1nc(NSC2CC2)ncc1F. The van der Waals surface area contributed by atoms with Crippen molar-refractivity contribution in [1.82, 2.24) is 9.97 Å². The Kier molecular flexibility index (Phi) is 3.23. The lowest BCUT2D eigenvalue weighted by Gasteiger charge is -2.04. The van der Waals surface area contributed by atoms with Crippen LogP contribution in [0.2, 0.25) is 0 Å². The molecule has 1 aliphatic rings. The largest absolute Gasteiger partial charge is 0.481 e. The van der Waals surface area contributed by atoms with Crippen LogP contribution in [0, 0.1) is 5.82 Å². The molecule has 0 spiro atoms. The molecule has 5 nitrogen and oxygen atoms in total. The fourth-order valence-electron chi connectivity index (χ4n) is 1.04. The van der Waals surface area contributed by atoms with Crippen molar-refractivity contribution in [3.05, 3.63) is 17.7 Å². The van der Waals surface area contributed by atoms with Gasteiger partial charge in [0.25, 0.3) is 0 Å². The van der Waals surface area contributed by atoms with E-state index in [0.717, 1.165) is 19.0 Å². The zero-order chi connectivity index (χ0) is 11.5. The van der Waals surface area contributed by atoms with Crippen LogP contribution in [0.25, 0.3) is 0 Å². The molecular weight excluding hydrogens is 233 g/mol. The first-order chi connectivity index (χ1) is 7.65. The Balaban J connectivity index is 2.04. The quantitative estimate of drug-likeness (QED) is 0.763. The number of hydrogen-bond acceptors (Lipinski definition) is 5. The van der Waals surface area contributed by atoms with Crippen molar-refractivity contribution >= 4 is 23.9 Å². The molecule has 1 aromatic heterocycles. The van der Waals surface area contributed by atoms with E-state index >= 15 is 0 Å². The number of anilines is 1. The summed E-state index contributed by atoms with van der Waals surface area (Å²) in [6.07, 6.45) is 2.86. The maximum atomic E-state index is 13.1. The van der Waals surface area contributed by atoms with Gasteiger partial charge in [-0.25, -0.2) is 14.4 Å². The minimum atomic E-state index is -1.11. The highest BCUT2D eigenvalue weighted by Gasteiger charge is 2.22. The molecule has 86 valence electrons. The van der Waals surface area contributed by atoms with E-state index in [-0.39, 0.29) is 11.6 Å². The average Bonchev–Trinajstić information content (AvgIpc) is 3.02. The molecule has 1 aliphatic carbocycles. The van der Waals surface area contributed by atoms with Crippen molar-refractivity contribution in [2.75, 3.05) is 4.72 Å². The molecule has 2 rings (SSSR count). The van der Waals surface area contributed by atoms with E-state index in [9.17, 15) is 9.18 Å². The van der Waals surface area contributed by atoms with Gasteiger partial charge < -0.3 is 5.11 Å². The Bertz CT molecular complexity index is 412. The number of aliphatic carboxylic acids is 1. The van der Waals surface area contributed by atoms with E-state index in [0.29, 0.717) is 5.25 Å². The van der Waals surface area contributed by atoms with E-state index in [1.165, 1.54) is 11.9 Å². The van der Waals surface area contributed by atoms with Crippen molar-refractivity contribution < 1.29 is 14.3 Å². The molecule has 0 unspecified atom stereocenters. The van der Waals surface area contributed by atoms with Crippen LogP contribution in [0.15, 0.2) is 6.20 Å². The summed E-state index contributed by atoms with van der Waals surface area (Å²) in [7, 11) is 0. The minimum Gasteiger partial charge on any atom is -0.481 e. The normalized spacial score (nSPS) is 14.8. The first kappa shape index (κ1) is 11.1. The van der Waals surface area contributed by atoms with Crippen LogP contribution in [0.1, 0.15) is 18.5 Å². The molecule has 0 aromatic carbocycles. The summed E-state index contributed by atoms with van der Waals surface area (Å²) in [6, 6.07) is 0. The molecule has 1 aromatic rings. The fourth-order valence-corrected chi connectivity index (χ4v) is 1.78. The summed E-state index contributed by atoms with van der Waals surface area (Å²) in [6.45, 7) is 0. The van der Waals surface area contributed by atoms with Crippen molar-refractivity contribution in [1.29, 1.82) is 0 Å². The lowest BCUT2D eigenvalue weighted by molar-refractivity contribution is -0.136. The van der Waals surface area contributed by atoms with Gasteiger partial charge in [0.05, 0.1) is 18.3 Å². The van der Waals surface area contributed by atoms with E-state index in [1.807, 2.05) is 0 Å². The maximum absolute atomic E-state index is 13.1. The first-order valence-corrected chi connectivity index (χ1v) is 5.68. The topological polar surface area (TPSA) is 75.1 Å². The van der Waals surface area contributed by atoms with Crippen molar-refractivity contribution in [2.45, 2.75) is 24.5 Å². The van der Waals surface area contributed by atoms with Crippen LogP contribution >= 0.6 is 11.9 Å². The van der Waals surface area contributed by atoms with E-state index < -0.39 is 18.2 Å². The first-order valence-electron chi connectivity index (χ1n) is 4.80. The summed E-state index contributed by atoms with van der Waals surface area (Å²) in [4.78, 5) is 18.0. The second-order valence-electron chi connectivity index (χ2n) is 3.48. The second-order valence-corrected chi connectivity index (χ2v) is 4.58. The van der Waals surface area contributed by atoms with Crippen LogP contribution in [-0.2, 0) is 11.2 Å². The molecule has 2 N–H and O–H groups in total. The number of carboxylic acids is 1. The van der Waals surface area contributed by atoms with Crippen LogP contribution in [0.3, 0.4) is 0 Å². The molecule has 7 heteroatoms. The Morgan fingerprint density at radius 2 is 2.44 bits per heavy atom. The standard InChI is InChI=1S/C9H10FN3O2S/c10-6-4-11-9(13-16-5-1-2-5)12-7(6)3-8(14)15/h4-5H,1-3H2,(H,14,15)(H,11,12,13). The molecule has 1 fully saturated rings. The average molecular weight is 243 g/mol. The third kappa shape index (κ3) is 3.06. The number of hydrogen-bond donors (Lipinski definition) is 2. The van der Waals surface area contributed by atoms with Gasteiger partial charge in [-0.05, 0) is 24.8 Å². The predicted molar refractivity (Wildman–Crippen MR) is 57.6 cm³/mol. The van der Waals surface area contributed by atoms with Gasteiger partial charge >= 0.3 is 5.97 Å². The van der Waals surface area contributed by atoms with Gasteiger partial charge in [0.15, 0.2) is 5.82 Å². The van der Waals surface area contributed by atoms with Crippen LogP contribution in [0.5, 0.6) is 0 Å². The second kappa shape index (κ2) is 4.65. The van der Waals surface area contributed by atoms with Crippen LogP contribution < -0.4 is 4.72 Å². The minimum absolute atomic E-state index is 0.0959. The number of nitrogens with one attached hydrogen (secondary N) is 1. The molecule has 1 heterocycles. The van der Waals surface area contributed by atoms with Gasteiger partial charge in [-0.15, -0.1) is 0 Å². The molecule has 16 heavy (non-hydrogen) atoms. The van der Waals surface area contributed by atoms with Crippen LogP contribution in [0.4, 0.5) is 10.3 Å². The monoisotopic (exact) mass is 243 g/mol. The summed E-state index contributed by atoms with van der Waals surface area (Å²) in [5, 5.41) is 9.12. The van der Waals surface area contributed by atoms with E-state index in [1.54, 1.807) is 0 Å². The third-order valence-corrected chi connectivity index (χ3v) is 3.08. The molecular formula is C9H10FN3O2S. The summed E-state index contributed by atoms with van der Waals surface area (Å²) < 4.78 is 16.0. The molecule has 0 radical (unpaired) electrons. The Labute approximate surface area is 95.6 Å². The van der Waals surface area contributed by atoms with Gasteiger partial charge in [-0.2, -0.15) is 0 Å². The van der Waals surface area contributed by atoms with Gasteiger partial charge in [0.2, 0.25) is 5.95 Å². The predicted octanol–water partition coefficient (Wildman–Crippen LogP) is 1.47. The van der Waals surface area contributed by atoms with E-state index in [2.05, 4.69) is 14.7 Å². The maximum Gasteiger partial charge on any atom is 0.309 e. The summed E-state index contributed by atoms with van der Waals surface area (Å²) in [5.41, 5.74) is -0.0959. The number of carboxylic acid groups (broad SMARTS) is 1. The highest BCUT2D eigenvalue weighted by atomic mass is 32.2. The van der Waals surface area contributed by atoms with E-state index in [4.69, 9.17) is 5.11 Å². The zero-order valence-corrected chi connectivity index (χ0v) is 9.13. The number of halogens is 1. The molecule has 0 aliphatic heterocycles. The Hall–Kier alpha value is -1.37. The Morgan fingerprint density at radius 1 is 1.69 bits per heavy atom. The fraction of sp³-hybridized carbons (Fsp3) is 0.444. The van der Waals surface area contributed by atoms with Crippen molar-refractivity contribution in [3.63, 3.8) is 0 Å².